The number of rotatable bonds is 4. The number of nitrogens with two attached hydrogens (primary N) is 1. The Morgan fingerprint density at radius 3 is 2.79 bits per heavy atom. The maximum Gasteiger partial charge on any atom is 0.146 e. The number of hydrogen-bond donors (Lipinski definition) is 3. The summed E-state index contributed by atoms with van der Waals surface area (Å²) in [5.74, 6) is 1.81. The smallest absolute Gasteiger partial charge is 0.146 e. The fourth-order valence-corrected chi connectivity index (χ4v) is 2.90. The summed E-state index contributed by atoms with van der Waals surface area (Å²) in [4.78, 5) is 8.02. The van der Waals surface area contributed by atoms with Crippen LogP contribution < -0.4 is 11.1 Å². The number of hydrogen-bond acceptors (Lipinski definition) is 5. The van der Waals surface area contributed by atoms with Crippen LogP contribution in [0.25, 0.3) is 0 Å². The number of aromatic nitrogens is 2. The van der Waals surface area contributed by atoms with Crippen LogP contribution in [-0.2, 0) is 0 Å². The highest BCUT2D eigenvalue weighted by Gasteiger charge is 2.32. The van der Waals surface area contributed by atoms with Gasteiger partial charge in [-0.1, -0.05) is 13.3 Å². The second-order valence-electron chi connectivity index (χ2n) is 5.35. The highest BCUT2D eigenvalue weighted by atomic mass is 79.9. The molecule has 5 nitrogen and oxygen atoms in total. The van der Waals surface area contributed by atoms with Gasteiger partial charge < -0.3 is 16.2 Å². The van der Waals surface area contributed by atoms with E-state index in [1.54, 1.807) is 0 Å². The molecular weight excluding hydrogens is 308 g/mol. The van der Waals surface area contributed by atoms with Gasteiger partial charge in [0, 0.05) is 6.54 Å². The molecule has 1 aromatic rings. The number of anilines is 2. The van der Waals surface area contributed by atoms with Crippen molar-refractivity contribution in [3.05, 3.63) is 10.8 Å². The van der Waals surface area contributed by atoms with Crippen LogP contribution in [0.1, 0.15) is 39.0 Å². The maximum absolute atomic E-state index is 10.6. The summed E-state index contributed by atoms with van der Waals surface area (Å²) in [7, 11) is 0. The van der Waals surface area contributed by atoms with Crippen LogP contribution >= 0.6 is 15.9 Å². The number of nitrogen functional groups attached to an aromatic ring is 1. The fourth-order valence-electron chi connectivity index (χ4n) is 2.55. The summed E-state index contributed by atoms with van der Waals surface area (Å²) in [6.45, 7) is 2.71. The van der Waals surface area contributed by atoms with Crippen molar-refractivity contribution in [2.75, 3.05) is 17.6 Å². The van der Waals surface area contributed by atoms with Crippen molar-refractivity contribution in [2.45, 2.75) is 44.6 Å². The van der Waals surface area contributed by atoms with E-state index < -0.39 is 5.60 Å². The quantitative estimate of drug-likeness (QED) is 0.791. The van der Waals surface area contributed by atoms with Crippen LogP contribution in [0.3, 0.4) is 0 Å². The van der Waals surface area contributed by atoms with E-state index >= 15 is 0 Å². The lowest BCUT2D eigenvalue weighted by Gasteiger charge is -2.36. The van der Waals surface area contributed by atoms with Crippen molar-refractivity contribution >= 4 is 27.6 Å². The van der Waals surface area contributed by atoms with Gasteiger partial charge in [-0.3, -0.25) is 0 Å². The molecule has 0 bridgehead atoms. The van der Waals surface area contributed by atoms with E-state index in [-0.39, 0.29) is 0 Å². The van der Waals surface area contributed by atoms with Gasteiger partial charge in [0.05, 0.1) is 5.60 Å². The second-order valence-corrected chi connectivity index (χ2v) is 6.14. The number of nitrogens with one attached hydrogen (secondary N) is 1. The molecule has 1 aliphatic carbocycles. The van der Waals surface area contributed by atoms with Crippen molar-refractivity contribution < 1.29 is 5.11 Å². The van der Waals surface area contributed by atoms with Gasteiger partial charge in [-0.2, -0.15) is 0 Å². The highest BCUT2D eigenvalue weighted by molar-refractivity contribution is 9.10. The lowest BCUT2D eigenvalue weighted by Crippen LogP contribution is -2.40. The molecule has 1 fully saturated rings. The van der Waals surface area contributed by atoms with E-state index in [1.807, 2.05) is 0 Å². The van der Waals surface area contributed by atoms with E-state index in [0.717, 1.165) is 31.6 Å². The van der Waals surface area contributed by atoms with Crippen molar-refractivity contribution in [3.8, 4) is 0 Å². The van der Waals surface area contributed by atoms with Gasteiger partial charge in [0.25, 0.3) is 0 Å². The summed E-state index contributed by atoms with van der Waals surface area (Å²) in [6, 6.07) is 0. The zero-order valence-corrected chi connectivity index (χ0v) is 12.8. The molecule has 0 radical (unpaired) electrons. The largest absolute Gasteiger partial charge is 0.388 e. The van der Waals surface area contributed by atoms with Gasteiger partial charge in [-0.25, -0.2) is 9.97 Å². The molecule has 19 heavy (non-hydrogen) atoms. The number of aliphatic hydroxyl groups is 1. The monoisotopic (exact) mass is 328 g/mol. The molecule has 0 saturated heterocycles. The summed E-state index contributed by atoms with van der Waals surface area (Å²) < 4.78 is 0.654. The zero-order valence-electron chi connectivity index (χ0n) is 11.2. The first-order valence-corrected chi connectivity index (χ1v) is 7.55. The molecule has 1 saturated carbocycles. The first-order valence-electron chi connectivity index (χ1n) is 6.76. The molecule has 1 aliphatic rings. The Labute approximate surface area is 122 Å². The average molecular weight is 329 g/mol. The molecule has 2 rings (SSSR count). The zero-order chi connectivity index (χ0) is 13.9. The van der Waals surface area contributed by atoms with E-state index in [0.29, 0.717) is 22.7 Å². The number of halogens is 1. The Balaban J connectivity index is 1.93. The molecule has 0 unspecified atom stereocenters. The van der Waals surface area contributed by atoms with Crippen molar-refractivity contribution in [1.29, 1.82) is 0 Å². The second kappa shape index (κ2) is 6.05. The summed E-state index contributed by atoms with van der Waals surface area (Å²) >= 11 is 3.35. The molecule has 0 spiro atoms. The van der Waals surface area contributed by atoms with Crippen LogP contribution in [0.15, 0.2) is 10.8 Å². The Morgan fingerprint density at radius 1 is 1.47 bits per heavy atom. The molecule has 1 heterocycles. The van der Waals surface area contributed by atoms with Crippen molar-refractivity contribution in [3.63, 3.8) is 0 Å². The van der Waals surface area contributed by atoms with Crippen LogP contribution in [0.4, 0.5) is 11.6 Å². The summed E-state index contributed by atoms with van der Waals surface area (Å²) in [5, 5.41) is 13.7. The van der Waals surface area contributed by atoms with Gasteiger partial charge in [0.15, 0.2) is 0 Å². The minimum absolute atomic E-state index is 0.402. The van der Waals surface area contributed by atoms with Crippen LogP contribution in [0, 0.1) is 5.92 Å². The van der Waals surface area contributed by atoms with Crippen LogP contribution in [0.2, 0.25) is 0 Å². The summed E-state index contributed by atoms with van der Waals surface area (Å²) in [6.07, 6.45) is 6.51. The molecule has 6 heteroatoms. The van der Waals surface area contributed by atoms with Gasteiger partial charge >= 0.3 is 0 Å². The van der Waals surface area contributed by atoms with E-state index in [2.05, 4.69) is 38.1 Å². The van der Waals surface area contributed by atoms with E-state index in [9.17, 15) is 5.11 Å². The minimum Gasteiger partial charge on any atom is -0.388 e. The predicted octanol–water partition coefficient (Wildman–Crippen LogP) is 2.56. The SMILES string of the molecule is CCC1CCC(O)(CNc2ncnc(N)c2Br)CC1. The normalized spacial score (nSPS) is 27.2. The van der Waals surface area contributed by atoms with Crippen LogP contribution in [0.5, 0.6) is 0 Å². The van der Waals surface area contributed by atoms with Crippen molar-refractivity contribution in [1.82, 2.24) is 9.97 Å². The first kappa shape index (κ1) is 14.5. The van der Waals surface area contributed by atoms with Gasteiger partial charge in [0.1, 0.15) is 22.4 Å². The van der Waals surface area contributed by atoms with Crippen LogP contribution in [-0.4, -0.2) is 27.2 Å². The fraction of sp³-hybridized carbons (Fsp3) is 0.692. The average Bonchev–Trinajstić information content (AvgIpc) is 2.41. The van der Waals surface area contributed by atoms with Crippen molar-refractivity contribution in [2.24, 2.45) is 5.92 Å². The molecule has 0 amide bonds. The van der Waals surface area contributed by atoms with Gasteiger partial charge in [0.2, 0.25) is 0 Å². The molecule has 106 valence electrons. The predicted molar refractivity (Wildman–Crippen MR) is 79.8 cm³/mol. The third-order valence-corrected chi connectivity index (χ3v) is 4.80. The standard InChI is InChI=1S/C13H21BrN4O/c1-2-9-3-5-13(19,6-4-9)7-16-12-10(14)11(15)17-8-18-12/h8-9,19H,2-7H2,1H3,(H3,15,16,17,18). The molecule has 0 atom stereocenters. The minimum atomic E-state index is -0.634. The third-order valence-electron chi connectivity index (χ3n) is 4.01. The Hall–Kier alpha value is -0.880. The van der Waals surface area contributed by atoms with E-state index in [4.69, 9.17) is 5.73 Å². The Bertz CT molecular complexity index is 433. The lowest BCUT2D eigenvalue weighted by atomic mass is 9.78. The molecular formula is C13H21BrN4O. The maximum atomic E-state index is 10.6. The third kappa shape index (κ3) is 3.57. The molecule has 4 N–H and O–H groups in total. The van der Waals surface area contributed by atoms with Gasteiger partial charge in [-0.15, -0.1) is 0 Å². The Morgan fingerprint density at radius 2 is 2.16 bits per heavy atom. The molecule has 1 aromatic heterocycles. The highest BCUT2D eigenvalue weighted by Crippen LogP contribution is 2.34. The summed E-state index contributed by atoms with van der Waals surface area (Å²) in [5.41, 5.74) is 5.06. The topological polar surface area (TPSA) is 84.1 Å². The first-order chi connectivity index (χ1) is 9.04. The van der Waals surface area contributed by atoms with E-state index in [1.165, 1.54) is 12.7 Å². The number of nitrogens with zero attached hydrogens (tertiary/aromatic N) is 2. The molecule has 0 aliphatic heterocycles. The Kier molecular flexibility index (Phi) is 4.62. The lowest BCUT2D eigenvalue weighted by molar-refractivity contribution is 0.00222. The van der Waals surface area contributed by atoms with Gasteiger partial charge in [-0.05, 0) is 47.5 Å². The molecule has 0 aromatic carbocycles.